The molecule has 0 spiro atoms. The minimum Gasteiger partial charge on any atom is -0.450 e. The van der Waals surface area contributed by atoms with Gasteiger partial charge in [0.15, 0.2) is 9.84 Å². The molecule has 0 aliphatic carbocycles. The van der Waals surface area contributed by atoms with Gasteiger partial charge in [-0.25, -0.2) is 13.2 Å². The number of rotatable bonds is 4. The number of carbonyl (C=O) groups is 1. The number of sulfone groups is 1. The molecule has 5 nitrogen and oxygen atoms in total. The Morgan fingerprint density at radius 2 is 2.24 bits per heavy atom. The highest BCUT2D eigenvalue weighted by atomic mass is 32.2. The van der Waals surface area contributed by atoms with Crippen LogP contribution in [0.2, 0.25) is 0 Å². The summed E-state index contributed by atoms with van der Waals surface area (Å²) in [7, 11) is -3.05. The van der Waals surface area contributed by atoms with Gasteiger partial charge in [-0.15, -0.1) is 6.58 Å². The third-order valence-electron chi connectivity index (χ3n) is 2.93. The number of carbonyl (C=O) groups excluding carboxylic acids is 1. The van der Waals surface area contributed by atoms with Gasteiger partial charge in [-0.3, -0.25) is 4.90 Å². The Hall–Kier alpha value is -1.04. The van der Waals surface area contributed by atoms with Crippen molar-refractivity contribution in [3.8, 4) is 0 Å². The van der Waals surface area contributed by atoms with Crippen LogP contribution in [0.5, 0.6) is 0 Å². The molecule has 0 aromatic rings. The molecule has 6 heteroatoms. The molecule has 0 bridgehead atoms. The molecule has 1 saturated heterocycles. The molecule has 0 saturated carbocycles. The molecular weight excluding hydrogens is 242 g/mol. The number of ether oxygens (including phenoxy) is 1. The maximum Gasteiger partial charge on any atom is 0.410 e. The van der Waals surface area contributed by atoms with Crippen molar-refractivity contribution in [3.05, 3.63) is 12.7 Å². The third-order valence-corrected chi connectivity index (χ3v) is 4.82. The molecule has 0 N–H and O–H groups in total. The Kier molecular flexibility index (Phi) is 4.19. The quantitative estimate of drug-likeness (QED) is 0.713. The van der Waals surface area contributed by atoms with Gasteiger partial charge in [-0.05, 0) is 20.3 Å². The highest BCUT2D eigenvalue weighted by Gasteiger charge is 2.45. The molecule has 1 heterocycles. The second kappa shape index (κ2) is 5.08. The van der Waals surface area contributed by atoms with E-state index in [1.54, 1.807) is 19.9 Å². The van der Waals surface area contributed by atoms with Gasteiger partial charge in [0.25, 0.3) is 0 Å². The van der Waals surface area contributed by atoms with Crippen molar-refractivity contribution in [2.24, 2.45) is 0 Å². The van der Waals surface area contributed by atoms with E-state index in [1.807, 2.05) is 0 Å². The monoisotopic (exact) mass is 261 g/mol. The lowest BCUT2D eigenvalue weighted by Gasteiger charge is -2.35. The highest BCUT2D eigenvalue weighted by Crippen LogP contribution is 2.30. The van der Waals surface area contributed by atoms with E-state index < -0.39 is 21.5 Å². The van der Waals surface area contributed by atoms with E-state index in [0.717, 1.165) is 0 Å². The minimum atomic E-state index is -3.05. The van der Waals surface area contributed by atoms with Gasteiger partial charge < -0.3 is 4.74 Å². The van der Waals surface area contributed by atoms with Crippen LogP contribution in [0.15, 0.2) is 12.7 Å². The van der Waals surface area contributed by atoms with Crippen molar-refractivity contribution >= 4 is 15.9 Å². The molecule has 17 heavy (non-hydrogen) atoms. The average molecular weight is 261 g/mol. The Bertz CT molecular complexity index is 404. The van der Waals surface area contributed by atoms with E-state index >= 15 is 0 Å². The largest absolute Gasteiger partial charge is 0.450 e. The van der Waals surface area contributed by atoms with Crippen molar-refractivity contribution in [1.82, 2.24) is 4.90 Å². The molecule has 1 amide bonds. The summed E-state index contributed by atoms with van der Waals surface area (Å²) >= 11 is 0. The summed E-state index contributed by atoms with van der Waals surface area (Å²) in [6.07, 6.45) is 1.54. The van der Waals surface area contributed by atoms with Crippen molar-refractivity contribution < 1.29 is 17.9 Å². The minimum absolute atomic E-state index is 0.00729. The predicted molar refractivity (Wildman–Crippen MR) is 65.6 cm³/mol. The molecule has 0 radical (unpaired) electrons. The molecule has 0 aromatic heterocycles. The number of hydrogen-bond donors (Lipinski definition) is 0. The van der Waals surface area contributed by atoms with Crippen LogP contribution in [0.1, 0.15) is 20.3 Å². The SMILES string of the molecule is C=CCN(C(=O)OCC)C1(C)CCS(=O)(=O)C1. The summed E-state index contributed by atoms with van der Waals surface area (Å²) < 4.78 is 28.0. The number of nitrogens with zero attached hydrogens (tertiary/aromatic N) is 1. The highest BCUT2D eigenvalue weighted by molar-refractivity contribution is 7.91. The summed E-state index contributed by atoms with van der Waals surface area (Å²) in [6, 6.07) is 0. The summed E-state index contributed by atoms with van der Waals surface area (Å²) in [4.78, 5) is 13.2. The smallest absolute Gasteiger partial charge is 0.410 e. The van der Waals surface area contributed by atoms with E-state index in [4.69, 9.17) is 4.74 Å². The average Bonchev–Trinajstić information content (AvgIpc) is 2.50. The van der Waals surface area contributed by atoms with Crippen LogP contribution in [-0.4, -0.2) is 49.6 Å². The topological polar surface area (TPSA) is 63.7 Å². The lowest BCUT2D eigenvalue weighted by atomic mass is 10.00. The van der Waals surface area contributed by atoms with E-state index in [1.165, 1.54) is 4.90 Å². The zero-order valence-corrected chi connectivity index (χ0v) is 11.1. The van der Waals surface area contributed by atoms with Crippen LogP contribution in [0.25, 0.3) is 0 Å². The maximum atomic E-state index is 11.8. The fourth-order valence-electron chi connectivity index (χ4n) is 2.05. The van der Waals surface area contributed by atoms with E-state index in [-0.39, 0.29) is 18.1 Å². The van der Waals surface area contributed by atoms with Gasteiger partial charge in [-0.1, -0.05) is 6.08 Å². The molecule has 0 aromatic carbocycles. The summed E-state index contributed by atoms with van der Waals surface area (Å²) in [5.74, 6) is 0.114. The van der Waals surface area contributed by atoms with Gasteiger partial charge in [0, 0.05) is 6.54 Å². The molecule has 1 unspecified atom stereocenters. The second-order valence-corrected chi connectivity index (χ2v) is 6.62. The van der Waals surface area contributed by atoms with E-state index in [0.29, 0.717) is 13.0 Å². The van der Waals surface area contributed by atoms with Crippen LogP contribution in [-0.2, 0) is 14.6 Å². The van der Waals surface area contributed by atoms with Crippen LogP contribution in [0.4, 0.5) is 4.79 Å². The zero-order valence-electron chi connectivity index (χ0n) is 10.3. The first-order valence-corrected chi connectivity index (χ1v) is 7.42. The lowest BCUT2D eigenvalue weighted by Crippen LogP contribution is -2.51. The van der Waals surface area contributed by atoms with Gasteiger partial charge in [0.05, 0.1) is 23.7 Å². The molecular formula is C11H19NO4S. The lowest BCUT2D eigenvalue weighted by molar-refractivity contribution is 0.0739. The van der Waals surface area contributed by atoms with Gasteiger partial charge in [0.1, 0.15) is 0 Å². The normalized spacial score (nSPS) is 26.5. The maximum absolute atomic E-state index is 11.8. The Labute approximate surface area is 102 Å². The van der Waals surface area contributed by atoms with Crippen LogP contribution < -0.4 is 0 Å². The zero-order chi connectivity index (χ0) is 13.1. The fourth-order valence-corrected chi connectivity index (χ4v) is 4.19. The fraction of sp³-hybridized carbons (Fsp3) is 0.727. The van der Waals surface area contributed by atoms with E-state index in [2.05, 4.69) is 6.58 Å². The molecule has 1 rings (SSSR count). The Morgan fingerprint density at radius 1 is 1.59 bits per heavy atom. The van der Waals surface area contributed by atoms with Crippen LogP contribution in [0, 0.1) is 0 Å². The van der Waals surface area contributed by atoms with Crippen LogP contribution >= 0.6 is 0 Å². The van der Waals surface area contributed by atoms with Crippen LogP contribution in [0.3, 0.4) is 0 Å². The summed E-state index contributed by atoms with van der Waals surface area (Å²) in [5, 5.41) is 0. The number of amides is 1. The Balaban J connectivity index is 2.91. The standard InChI is InChI=1S/C11H19NO4S/c1-4-7-12(10(13)16-5-2)11(3)6-8-17(14,15)9-11/h4H,1,5-9H2,2-3H3. The number of hydrogen-bond acceptors (Lipinski definition) is 4. The molecule has 1 fully saturated rings. The van der Waals surface area contributed by atoms with E-state index in [9.17, 15) is 13.2 Å². The van der Waals surface area contributed by atoms with Gasteiger partial charge in [0.2, 0.25) is 0 Å². The first kappa shape index (κ1) is 14.0. The molecule has 1 aliphatic rings. The summed E-state index contributed by atoms with van der Waals surface area (Å²) in [6.45, 7) is 7.65. The van der Waals surface area contributed by atoms with Crippen molar-refractivity contribution in [3.63, 3.8) is 0 Å². The summed E-state index contributed by atoms with van der Waals surface area (Å²) in [5.41, 5.74) is -0.681. The predicted octanol–water partition coefficient (Wildman–Crippen LogP) is 1.21. The van der Waals surface area contributed by atoms with Crippen molar-refractivity contribution in [1.29, 1.82) is 0 Å². The van der Waals surface area contributed by atoms with Crippen molar-refractivity contribution in [2.75, 3.05) is 24.7 Å². The first-order valence-electron chi connectivity index (χ1n) is 5.60. The second-order valence-electron chi connectivity index (χ2n) is 4.44. The van der Waals surface area contributed by atoms with Gasteiger partial charge in [-0.2, -0.15) is 0 Å². The molecule has 1 atom stereocenters. The van der Waals surface area contributed by atoms with Gasteiger partial charge >= 0.3 is 6.09 Å². The molecule has 98 valence electrons. The molecule has 1 aliphatic heterocycles. The first-order chi connectivity index (χ1) is 7.84. The van der Waals surface area contributed by atoms with Crippen molar-refractivity contribution in [2.45, 2.75) is 25.8 Å². The third kappa shape index (κ3) is 3.21. The Morgan fingerprint density at radius 3 is 2.65 bits per heavy atom.